The Kier molecular flexibility index (Phi) is 5.48. The summed E-state index contributed by atoms with van der Waals surface area (Å²) in [4.78, 5) is 13.1. The number of hydrogen-bond acceptors (Lipinski definition) is 5. The lowest BCUT2D eigenvalue weighted by Gasteiger charge is -2.08. The number of benzene rings is 1. The van der Waals surface area contributed by atoms with E-state index in [9.17, 15) is 4.79 Å². The van der Waals surface area contributed by atoms with Gasteiger partial charge in [0.15, 0.2) is 5.17 Å². The molecule has 1 N–H and O–H groups in total. The Labute approximate surface area is 150 Å². The number of hydrogen-bond donors (Lipinski definition) is 1. The highest BCUT2D eigenvalue weighted by atomic mass is 32.2. The van der Waals surface area contributed by atoms with Gasteiger partial charge < -0.3 is 5.32 Å². The monoisotopic (exact) mass is 357 g/mol. The van der Waals surface area contributed by atoms with Crippen LogP contribution in [0, 0.1) is 0 Å². The van der Waals surface area contributed by atoms with Gasteiger partial charge in [-0.05, 0) is 34.9 Å². The summed E-state index contributed by atoms with van der Waals surface area (Å²) in [6.45, 7) is 4.35. The van der Waals surface area contributed by atoms with Gasteiger partial charge in [0.1, 0.15) is 0 Å². The molecule has 0 saturated carbocycles. The van der Waals surface area contributed by atoms with E-state index in [-0.39, 0.29) is 11.2 Å². The van der Waals surface area contributed by atoms with Crippen molar-refractivity contribution in [2.24, 2.45) is 10.2 Å². The molecule has 1 aliphatic heterocycles. The van der Waals surface area contributed by atoms with Crippen LogP contribution in [-0.2, 0) is 11.2 Å². The van der Waals surface area contributed by atoms with E-state index in [2.05, 4.69) is 53.6 Å². The first-order valence-corrected chi connectivity index (χ1v) is 9.58. The van der Waals surface area contributed by atoms with Gasteiger partial charge in [-0.1, -0.05) is 55.9 Å². The predicted molar refractivity (Wildman–Crippen MR) is 103 cm³/mol. The summed E-state index contributed by atoms with van der Waals surface area (Å²) in [5.74, 6) is 0.515. The van der Waals surface area contributed by atoms with Crippen molar-refractivity contribution in [3.8, 4) is 0 Å². The Morgan fingerprint density at radius 1 is 1.25 bits per heavy atom. The average molecular weight is 358 g/mol. The normalized spacial score (nSPS) is 19.5. The number of thiophene rings is 1. The van der Waals surface area contributed by atoms with Crippen LogP contribution >= 0.6 is 23.1 Å². The van der Waals surface area contributed by atoms with E-state index in [4.69, 9.17) is 0 Å². The number of amides is 1. The van der Waals surface area contributed by atoms with E-state index < -0.39 is 0 Å². The average Bonchev–Trinajstić information content (AvgIpc) is 3.19. The smallest absolute Gasteiger partial charge is 0.239 e. The van der Waals surface area contributed by atoms with E-state index >= 15 is 0 Å². The maximum atomic E-state index is 12.1. The van der Waals surface area contributed by atoms with Crippen LogP contribution < -0.4 is 5.32 Å². The van der Waals surface area contributed by atoms with Crippen molar-refractivity contribution in [1.82, 2.24) is 5.32 Å². The Hall–Kier alpha value is -1.92. The third-order valence-corrected chi connectivity index (χ3v) is 5.60. The van der Waals surface area contributed by atoms with Crippen LogP contribution in [0.1, 0.15) is 35.8 Å². The second-order valence-corrected chi connectivity index (χ2v) is 8.03. The first kappa shape index (κ1) is 16.9. The van der Waals surface area contributed by atoms with Crippen LogP contribution in [0.5, 0.6) is 0 Å². The molecule has 1 atom stereocenters. The highest BCUT2D eigenvalue weighted by Gasteiger charge is 2.30. The minimum Gasteiger partial charge on any atom is -0.303 e. The molecule has 1 saturated heterocycles. The molecule has 0 aliphatic carbocycles. The zero-order valence-electron chi connectivity index (χ0n) is 13.6. The fraction of sp³-hybridized carbons (Fsp3) is 0.278. The lowest BCUT2D eigenvalue weighted by atomic mass is 10.0. The Balaban J connectivity index is 1.60. The molecule has 4 nitrogen and oxygen atoms in total. The molecular weight excluding hydrogens is 338 g/mol. The number of amidine groups is 1. The van der Waals surface area contributed by atoms with E-state index in [0.29, 0.717) is 17.5 Å². The quantitative estimate of drug-likeness (QED) is 0.649. The standard InChI is InChI=1S/C18H19N3OS2/c1-12(2)14-7-5-13(6-8-14)10-16-17(22)20-18(24-16)21-19-11-15-4-3-9-23-15/h3-9,11-12,16H,10H2,1-2H3,(H,20,21,22)/b19-11-. The second-order valence-electron chi connectivity index (χ2n) is 5.86. The molecule has 24 heavy (non-hydrogen) atoms. The lowest BCUT2D eigenvalue weighted by molar-refractivity contribution is -0.118. The molecule has 6 heteroatoms. The number of rotatable bonds is 5. The van der Waals surface area contributed by atoms with Crippen molar-refractivity contribution >= 4 is 40.4 Å². The minimum absolute atomic E-state index is 0.00184. The second kappa shape index (κ2) is 7.77. The van der Waals surface area contributed by atoms with Crippen LogP contribution in [0.25, 0.3) is 0 Å². The van der Waals surface area contributed by atoms with Gasteiger partial charge in [0.2, 0.25) is 5.91 Å². The van der Waals surface area contributed by atoms with Gasteiger partial charge in [0.05, 0.1) is 11.5 Å². The molecule has 0 spiro atoms. The van der Waals surface area contributed by atoms with Crippen molar-refractivity contribution in [1.29, 1.82) is 0 Å². The van der Waals surface area contributed by atoms with Crippen molar-refractivity contribution in [2.75, 3.05) is 0 Å². The van der Waals surface area contributed by atoms with Crippen LogP contribution in [-0.4, -0.2) is 22.5 Å². The largest absolute Gasteiger partial charge is 0.303 e. The molecule has 1 aromatic heterocycles. The summed E-state index contributed by atoms with van der Waals surface area (Å²) >= 11 is 3.04. The minimum atomic E-state index is -0.148. The van der Waals surface area contributed by atoms with Crippen LogP contribution in [0.3, 0.4) is 0 Å². The van der Waals surface area contributed by atoms with Gasteiger partial charge in [-0.15, -0.1) is 16.4 Å². The molecule has 0 bridgehead atoms. The fourth-order valence-electron chi connectivity index (χ4n) is 2.34. The summed E-state index contributed by atoms with van der Waals surface area (Å²) in [5.41, 5.74) is 2.47. The summed E-state index contributed by atoms with van der Waals surface area (Å²) < 4.78 is 0. The Morgan fingerprint density at radius 3 is 2.71 bits per heavy atom. The van der Waals surface area contributed by atoms with Crippen molar-refractivity contribution in [3.63, 3.8) is 0 Å². The third-order valence-electron chi connectivity index (χ3n) is 3.72. The van der Waals surface area contributed by atoms with Crippen LogP contribution in [0.2, 0.25) is 0 Å². The van der Waals surface area contributed by atoms with E-state index in [1.165, 1.54) is 17.3 Å². The molecule has 1 unspecified atom stereocenters. The fourth-order valence-corrected chi connectivity index (χ4v) is 3.89. The Morgan fingerprint density at radius 2 is 2.04 bits per heavy atom. The molecule has 1 amide bonds. The lowest BCUT2D eigenvalue weighted by Crippen LogP contribution is -2.25. The van der Waals surface area contributed by atoms with Crippen molar-refractivity contribution in [2.45, 2.75) is 31.4 Å². The SMILES string of the molecule is CC(C)c1ccc(CC2S/C(=N/N=C\c3cccs3)NC2=O)cc1. The molecule has 2 heterocycles. The molecule has 1 fully saturated rings. The maximum absolute atomic E-state index is 12.1. The number of nitrogens with one attached hydrogen (secondary N) is 1. The number of nitrogens with zero attached hydrogens (tertiary/aromatic N) is 2. The first-order valence-electron chi connectivity index (χ1n) is 7.82. The molecule has 3 rings (SSSR count). The third kappa shape index (κ3) is 4.33. The number of thioether (sulfide) groups is 1. The molecular formula is C18H19N3OS2. The van der Waals surface area contributed by atoms with Gasteiger partial charge in [0, 0.05) is 4.88 Å². The summed E-state index contributed by atoms with van der Waals surface area (Å²) in [6.07, 6.45) is 2.39. The molecule has 1 aliphatic rings. The van der Waals surface area contributed by atoms with Crippen molar-refractivity contribution < 1.29 is 4.79 Å². The zero-order chi connectivity index (χ0) is 16.9. The summed E-state index contributed by atoms with van der Waals surface area (Å²) in [6, 6.07) is 12.4. The van der Waals surface area contributed by atoms with Gasteiger partial charge in [-0.25, -0.2) is 0 Å². The van der Waals surface area contributed by atoms with Gasteiger partial charge in [-0.3, -0.25) is 4.79 Å². The van der Waals surface area contributed by atoms with Gasteiger partial charge >= 0.3 is 0 Å². The highest BCUT2D eigenvalue weighted by Crippen LogP contribution is 2.24. The number of carbonyl (C=O) groups is 1. The van der Waals surface area contributed by atoms with Gasteiger partial charge in [0.25, 0.3) is 0 Å². The molecule has 124 valence electrons. The first-order chi connectivity index (χ1) is 11.6. The Bertz CT molecular complexity index is 749. The van der Waals surface area contributed by atoms with Gasteiger partial charge in [-0.2, -0.15) is 5.10 Å². The summed E-state index contributed by atoms with van der Waals surface area (Å²) in [5, 5.41) is 13.3. The summed E-state index contributed by atoms with van der Waals surface area (Å²) in [7, 11) is 0. The molecule has 2 aromatic rings. The maximum Gasteiger partial charge on any atom is 0.239 e. The van der Waals surface area contributed by atoms with E-state index in [1.54, 1.807) is 17.6 Å². The zero-order valence-corrected chi connectivity index (χ0v) is 15.2. The predicted octanol–water partition coefficient (Wildman–Crippen LogP) is 4.04. The highest BCUT2D eigenvalue weighted by molar-refractivity contribution is 8.15. The molecule has 1 aromatic carbocycles. The topological polar surface area (TPSA) is 53.8 Å². The van der Waals surface area contributed by atoms with Crippen LogP contribution in [0.15, 0.2) is 52.0 Å². The van der Waals surface area contributed by atoms with Crippen LogP contribution in [0.4, 0.5) is 0 Å². The van der Waals surface area contributed by atoms with E-state index in [1.807, 2.05) is 17.5 Å². The molecule has 0 radical (unpaired) electrons. The number of carbonyl (C=O) groups excluding carboxylic acids is 1. The van der Waals surface area contributed by atoms with E-state index in [0.717, 1.165) is 10.4 Å². The van der Waals surface area contributed by atoms with Crippen molar-refractivity contribution in [3.05, 3.63) is 57.8 Å².